The van der Waals surface area contributed by atoms with Gasteiger partial charge < -0.3 is 30.5 Å². The summed E-state index contributed by atoms with van der Waals surface area (Å²) in [6, 6.07) is 10.0. The number of rotatable bonds is 10. The van der Waals surface area contributed by atoms with E-state index in [1.807, 2.05) is 0 Å². The number of hydrogen-bond donors (Lipinski definition) is 5. The van der Waals surface area contributed by atoms with E-state index in [0.717, 1.165) is 11.6 Å². The summed E-state index contributed by atoms with van der Waals surface area (Å²) in [4.78, 5) is 49.2. The van der Waals surface area contributed by atoms with Crippen molar-refractivity contribution < 1.29 is 46.9 Å². The smallest absolute Gasteiger partial charge is 0.416 e. The molecule has 5 N–H and O–H groups in total. The van der Waals surface area contributed by atoms with E-state index in [-0.39, 0.29) is 24.5 Å². The molecular formula is C29H33F3N4O7. The molecular weight excluding hydrogens is 573 g/mol. The molecule has 43 heavy (non-hydrogen) atoms. The maximum Gasteiger partial charge on any atom is 0.416 e. The second-order valence-electron chi connectivity index (χ2n) is 10.1. The summed E-state index contributed by atoms with van der Waals surface area (Å²) in [6.45, 7) is 5.82. The highest BCUT2D eigenvalue weighted by molar-refractivity contribution is 6.04. The van der Waals surface area contributed by atoms with Crippen LogP contribution in [0.3, 0.4) is 0 Å². The molecule has 232 valence electrons. The maximum absolute atomic E-state index is 13.5. The Balaban J connectivity index is 2.03. The van der Waals surface area contributed by atoms with Crippen LogP contribution in [0.4, 0.5) is 34.1 Å². The third-order valence-electron chi connectivity index (χ3n) is 5.21. The van der Waals surface area contributed by atoms with Crippen molar-refractivity contribution in [2.24, 2.45) is 0 Å². The Labute approximate surface area is 246 Å². The monoisotopic (exact) mass is 606 g/mol. The van der Waals surface area contributed by atoms with E-state index in [0.29, 0.717) is 12.1 Å². The highest BCUT2D eigenvalue weighted by Crippen LogP contribution is 2.33. The van der Waals surface area contributed by atoms with Gasteiger partial charge in [0.1, 0.15) is 24.7 Å². The van der Waals surface area contributed by atoms with Crippen LogP contribution < -0.4 is 21.3 Å². The van der Waals surface area contributed by atoms with E-state index in [1.54, 1.807) is 51.1 Å². The maximum atomic E-state index is 13.5. The van der Waals surface area contributed by atoms with Crippen molar-refractivity contribution >= 4 is 35.4 Å². The van der Waals surface area contributed by atoms with E-state index < -0.39 is 59.9 Å². The fraction of sp³-hybridized carbons (Fsp3) is 0.379. The number of ether oxygens (including phenoxy) is 2. The molecule has 0 saturated heterocycles. The lowest BCUT2D eigenvalue weighted by Gasteiger charge is -2.21. The molecule has 0 aliphatic carbocycles. The number of aliphatic hydroxyl groups is 1. The fourth-order valence-corrected chi connectivity index (χ4v) is 3.42. The number of halogens is 3. The lowest BCUT2D eigenvalue weighted by Crippen LogP contribution is -2.50. The lowest BCUT2D eigenvalue weighted by atomic mass is 10.1. The number of hydrogen-bond acceptors (Lipinski definition) is 7. The van der Waals surface area contributed by atoms with Gasteiger partial charge in [0.25, 0.3) is 0 Å². The second kappa shape index (κ2) is 15.5. The van der Waals surface area contributed by atoms with Crippen LogP contribution in [0.25, 0.3) is 0 Å². The van der Waals surface area contributed by atoms with Gasteiger partial charge in [-0.15, -0.1) is 5.92 Å². The van der Waals surface area contributed by atoms with E-state index in [2.05, 4.69) is 33.1 Å². The van der Waals surface area contributed by atoms with Gasteiger partial charge in [-0.25, -0.2) is 9.59 Å². The molecule has 0 saturated carbocycles. The molecule has 2 rings (SSSR count). The van der Waals surface area contributed by atoms with Gasteiger partial charge in [-0.1, -0.05) is 36.3 Å². The van der Waals surface area contributed by atoms with Gasteiger partial charge in [-0.05, 0) is 51.5 Å². The molecule has 0 aliphatic rings. The molecule has 0 unspecified atom stereocenters. The molecule has 4 amide bonds. The lowest BCUT2D eigenvalue weighted by molar-refractivity contribution is -0.137. The van der Waals surface area contributed by atoms with Crippen molar-refractivity contribution in [1.82, 2.24) is 10.6 Å². The number of amides is 4. The average Bonchev–Trinajstić information content (AvgIpc) is 2.88. The number of aliphatic hydroxyl groups excluding tert-OH is 1. The number of benzene rings is 2. The molecule has 0 spiro atoms. The van der Waals surface area contributed by atoms with Crippen molar-refractivity contribution in [3.63, 3.8) is 0 Å². The fourth-order valence-electron chi connectivity index (χ4n) is 3.42. The normalized spacial score (nSPS) is 12.5. The van der Waals surface area contributed by atoms with Gasteiger partial charge >= 0.3 is 18.4 Å². The molecule has 0 bridgehead atoms. The highest BCUT2D eigenvalue weighted by Gasteiger charge is 2.32. The Morgan fingerprint density at radius 2 is 1.56 bits per heavy atom. The molecule has 2 aromatic carbocycles. The Bertz CT molecular complexity index is 1350. The first kappa shape index (κ1) is 34.4. The SMILES string of the molecule is CC#C[C@H](O)[C@H](CNC(=O)OCc1ccccc1)NC(=O)CC(=O)Nc1cc(NC(=O)OC(C)(C)C)cc(C(F)(F)F)c1. The molecule has 0 heterocycles. The van der Waals surface area contributed by atoms with Gasteiger partial charge in [0, 0.05) is 17.9 Å². The van der Waals surface area contributed by atoms with Gasteiger partial charge in [0.15, 0.2) is 0 Å². The van der Waals surface area contributed by atoms with Crippen LogP contribution in [0.2, 0.25) is 0 Å². The summed E-state index contributed by atoms with van der Waals surface area (Å²) < 4.78 is 50.5. The number of alkyl halides is 3. The molecule has 2 atom stereocenters. The summed E-state index contributed by atoms with van der Waals surface area (Å²) >= 11 is 0. The highest BCUT2D eigenvalue weighted by atomic mass is 19.4. The van der Waals surface area contributed by atoms with E-state index >= 15 is 0 Å². The van der Waals surface area contributed by atoms with Crippen molar-refractivity contribution in [2.45, 2.75) is 64.6 Å². The first-order valence-electron chi connectivity index (χ1n) is 12.9. The zero-order chi connectivity index (χ0) is 32.2. The Kier molecular flexibility index (Phi) is 12.4. The van der Waals surface area contributed by atoms with Gasteiger partial charge in [-0.2, -0.15) is 13.2 Å². The van der Waals surface area contributed by atoms with Gasteiger partial charge in [0.05, 0.1) is 11.6 Å². The average molecular weight is 607 g/mol. The van der Waals surface area contributed by atoms with Crippen LogP contribution in [-0.2, 0) is 31.8 Å². The van der Waals surface area contributed by atoms with Crippen molar-refractivity contribution in [2.75, 3.05) is 17.2 Å². The number of alkyl carbamates (subject to hydrolysis) is 1. The van der Waals surface area contributed by atoms with Gasteiger partial charge in [0.2, 0.25) is 11.8 Å². The predicted molar refractivity (Wildman–Crippen MR) is 151 cm³/mol. The minimum absolute atomic E-state index is 0.0221. The molecule has 2 aromatic rings. The van der Waals surface area contributed by atoms with Crippen LogP contribution in [0.15, 0.2) is 48.5 Å². The number of nitrogens with one attached hydrogen (secondary N) is 4. The molecule has 0 aromatic heterocycles. The third-order valence-corrected chi connectivity index (χ3v) is 5.21. The minimum atomic E-state index is -4.82. The van der Waals surface area contributed by atoms with E-state index in [9.17, 15) is 37.5 Å². The molecule has 11 nitrogen and oxygen atoms in total. The Morgan fingerprint density at radius 3 is 2.14 bits per heavy atom. The van der Waals surface area contributed by atoms with Gasteiger partial charge in [-0.3, -0.25) is 14.9 Å². The molecule has 0 fully saturated rings. The summed E-state index contributed by atoms with van der Waals surface area (Å²) in [6.07, 6.45) is -8.96. The standard InChI is InChI=1S/C29H33F3N4O7/c1-5-9-23(37)22(16-33-26(40)42-17-18-10-7-6-8-11-18)36-25(39)15-24(38)34-20-12-19(29(30,31)32)13-21(14-20)35-27(41)43-28(2,3)4/h6-8,10-14,22-23,37H,15-17H2,1-4H3,(H,33,40)(H,34,38)(H,35,41)(H,36,39)/t22-,23-/m0/s1. The summed E-state index contributed by atoms with van der Waals surface area (Å²) in [7, 11) is 0. The quantitative estimate of drug-likeness (QED) is 0.201. The molecule has 0 aliphatic heterocycles. The predicted octanol–water partition coefficient (Wildman–Crippen LogP) is 4.18. The summed E-state index contributed by atoms with van der Waals surface area (Å²) in [5.41, 5.74) is -2.01. The third kappa shape index (κ3) is 13.2. The topological polar surface area (TPSA) is 155 Å². The van der Waals surface area contributed by atoms with Crippen LogP contribution in [0.5, 0.6) is 0 Å². The minimum Gasteiger partial charge on any atom is -0.445 e. The second-order valence-corrected chi connectivity index (χ2v) is 10.1. The zero-order valence-electron chi connectivity index (χ0n) is 23.9. The van der Waals surface area contributed by atoms with Crippen molar-refractivity contribution in [3.05, 3.63) is 59.7 Å². The molecule has 14 heteroatoms. The first-order valence-corrected chi connectivity index (χ1v) is 12.9. The summed E-state index contributed by atoms with van der Waals surface area (Å²) in [5, 5.41) is 19.4. The molecule has 0 radical (unpaired) electrons. The van der Waals surface area contributed by atoms with E-state index in [4.69, 9.17) is 9.47 Å². The van der Waals surface area contributed by atoms with E-state index in [1.165, 1.54) is 6.92 Å². The Morgan fingerprint density at radius 1 is 0.930 bits per heavy atom. The van der Waals surface area contributed by atoms with Crippen LogP contribution >= 0.6 is 0 Å². The van der Waals surface area contributed by atoms with Crippen molar-refractivity contribution in [1.29, 1.82) is 0 Å². The van der Waals surface area contributed by atoms with Crippen LogP contribution in [0, 0.1) is 11.8 Å². The number of carbonyl (C=O) groups is 4. The number of anilines is 2. The Hall–Kier alpha value is -4.77. The van der Waals surface area contributed by atoms with Crippen LogP contribution in [0.1, 0.15) is 45.2 Å². The van der Waals surface area contributed by atoms with Crippen LogP contribution in [-0.4, -0.2) is 53.4 Å². The summed E-state index contributed by atoms with van der Waals surface area (Å²) in [5.74, 6) is 2.99. The largest absolute Gasteiger partial charge is 0.445 e. The van der Waals surface area contributed by atoms with Crippen molar-refractivity contribution in [3.8, 4) is 11.8 Å². The first-order chi connectivity index (χ1) is 20.1. The number of carbonyl (C=O) groups excluding carboxylic acids is 4. The zero-order valence-corrected chi connectivity index (χ0v) is 23.9.